The van der Waals surface area contributed by atoms with E-state index in [0.717, 1.165) is 96.3 Å². The summed E-state index contributed by atoms with van der Waals surface area (Å²) in [6.07, 6.45) is 47.0. The third-order valence-corrected chi connectivity index (χ3v) is 10.2. The molecular formula is C46H80NO10P. The lowest BCUT2D eigenvalue weighted by molar-refractivity contribution is -0.161. The summed E-state index contributed by atoms with van der Waals surface area (Å²) in [5.41, 5.74) is 5.33. The number of hydrogen-bond donors (Lipinski definition) is 3. The van der Waals surface area contributed by atoms with E-state index in [0.29, 0.717) is 12.8 Å². The van der Waals surface area contributed by atoms with Gasteiger partial charge in [-0.2, -0.15) is 0 Å². The van der Waals surface area contributed by atoms with E-state index in [1.54, 1.807) is 0 Å². The van der Waals surface area contributed by atoms with Crippen molar-refractivity contribution >= 4 is 25.7 Å². The average Bonchev–Trinajstić information content (AvgIpc) is 3.20. The van der Waals surface area contributed by atoms with E-state index in [-0.39, 0.29) is 19.4 Å². The minimum atomic E-state index is -4.73. The van der Waals surface area contributed by atoms with Crippen LogP contribution in [0.25, 0.3) is 0 Å². The van der Waals surface area contributed by atoms with Crippen LogP contribution in [-0.4, -0.2) is 59.9 Å². The molecule has 11 nitrogen and oxygen atoms in total. The number of allylic oxidation sites excluding steroid dienone is 10. The van der Waals surface area contributed by atoms with Gasteiger partial charge in [-0.25, -0.2) is 4.57 Å². The molecule has 0 radical (unpaired) electrons. The molecule has 0 heterocycles. The molecule has 4 N–H and O–H groups in total. The van der Waals surface area contributed by atoms with Gasteiger partial charge < -0.3 is 25.2 Å². The maximum absolute atomic E-state index is 12.6. The van der Waals surface area contributed by atoms with Gasteiger partial charge in [-0.15, -0.1) is 0 Å². The zero-order valence-corrected chi connectivity index (χ0v) is 37.0. The van der Waals surface area contributed by atoms with Gasteiger partial charge in [0.25, 0.3) is 0 Å². The first kappa shape index (κ1) is 55.2. The number of aliphatic carboxylic acids is 1. The van der Waals surface area contributed by atoms with Gasteiger partial charge in [0.2, 0.25) is 0 Å². The molecule has 0 bridgehead atoms. The van der Waals surface area contributed by atoms with Crippen LogP contribution < -0.4 is 5.73 Å². The lowest BCUT2D eigenvalue weighted by atomic mass is 10.1. The lowest BCUT2D eigenvalue weighted by Gasteiger charge is -2.20. The van der Waals surface area contributed by atoms with Crippen molar-refractivity contribution in [2.24, 2.45) is 5.73 Å². The van der Waals surface area contributed by atoms with E-state index in [1.807, 2.05) is 0 Å². The Morgan fingerprint density at radius 1 is 0.534 bits per heavy atom. The van der Waals surface area contributed by atoms with Crippen LogP contribution in [0.3, 0.4) is 0 Å². The van der Waals surface area contributed by atoms with Gasteiger partial charge in [-0.05, 0) is 83.5 Å². The summed E-state index contributed by atoms with van der Waals surface area (Å²) in [4.78, 5) is 46.0. The molecule has 0 aromatic heterocycles. The highest BCUT2D eigenvalue weighted by Gasteiger charge is 2.28. The number of ether oxygens (including phenoxy) is 2. The second kappa shape index (κ2) is 40.9. The maximum Gasteiger partial charge on any atom is 0.472 e. The monoisotopic (exact) mass is 838 g/mol. The van der Waals surface area contributed by atoms with E-state index < -0.39 is 51.1 Å². The van der Waals surface area contributed by atoms with Crippen molar-refractivity contribution in [3.05, 3.63) is 60.8 Å². The zero-order valence-electron chi connectivity index (χ0n) is 36.1. The number of carboxylic acid groups (broad SMARTS) is 1. The predicted octanol–water partition coefficient (Wildman–Crippen LogP) is 12.0. The summed E-state index contributed by atoms with van der Waals surface area (Å²) in [7, 11) is -4.73. The first-order chi connectivity index (χ1) is 28.1. The standard InChI is InChI=1S/C46H80NO10P/c1-3-5-7-9-11-13-15-17-19-20-21-22-24-26-28-30-32-34-36-38-45(49)57-42(40-55-58(52,53)56-41-43(47)46(50)51)39-54-44(48)37-35-33-31-29-27-25-23-18-16-14-12-10-8-6-4-2/h11-14,17-19,21-23,42-43H,3-10,15-16,20,24-41,47H2,1-2H3,(H,50,51)(H,52,53)/b13-11-,14-12-,19-17-,22-21-,23-18-. The van der Waals surface area contributed by atoms with Crippen molar-refractivity contribution in [3.8, 4) is 0 Å². The molecule has 0 spiro atoms. The van der Waals surface area contributed by atoms with Crippen molar-refractivity contribution in [3.63, 3.8) is 0 Å². The molecule has 0 saturated carbocycles. The number of phosphoric ester groups is 1. The number of phosphoric acid groups is 1. The molecule has 0 saturated heterocycles. The van der Waals surface area contributed by atoms with Gasteiger partial charge in [0, 0.05) is 12.8 Å². The van der Waals surface area contributed by atoms with E-state index >= 15 is 0 Å². The number of unbranched alkanes of at least 4 members (excludes halogenated alkanes) is 17. The average molecular weight is 838 g/mol. The fourth-order valence-corrected chi connectivity index (χ4v) is 6.47. The van der Waals surface area contributed by atoms with Gasteiger partial charge in [-0.3, -0.25) is 23.4 Å². The minimum absolute atomic E-state index is 0.141. The first-order valence-electron chi connectivity index (χ1n) is 22.3. The Labute approximate surface area is 351 Å². The summed E-state index contributed by atoms with van der Waals surface area (Å²) >= 11 is 0. The molecule has 12 heteroatoms. The van der Waals surface area contributed by atoms with E-state index in [9.17, 15) is 23.8 Å². The van der Waals surface area contributed by atoms with E-state index in [1.165, 1.54) is 44.9 Å². The van der Waals surface area contributed by atoms with Gasteiger partial charge in [0.1, 0.15) is 12.6 Å². The molecule has 0 rings (SSSR count). The number of hydrogen-bond acceptors (Lipinski definition) is 9. The highest BCUT2D eigenvalue weighted by molar-refractivity contribution is 7.47. The second-order valence-corrected chi connectivity index (χ2v) is 16.3. The molecule has 3 atom stereocenters. The van der Waals surface area contributed by atoms with Crippen LogP contribution in [0, 0.1) is 0 Å². The normalized spacial score (nSPS) is 14.3. The Morgan fingerprint density at radius 2 is 0.914 bits per heavy atom. The molecule has 58 heavy (non-hydrogen) atoms. The largest absolute Gasteiger partial charge is 0.480 e. The molecule has 0 fully saturated rings. The zero-order chi connectivity index (χ0) is 42.8. The lowest BCUT2D eigenvalue weighted by Crippen LogP contribution is -2.34. The van der Waals surface area contributed by atoms with E-state index in [2.05, 4.69) is 79.1 Å². The van der Waals surface area contributed by atoms with Crippen molar-refractivity contribution in [1.82, 2.24) is 0 Å². The molecule has 0 aliphatic rings. The third kappa shape index (κ3) is 40.0. The molecule has 0 aliphatic heterocycles. The number of rotatable bonds is 41. The molecule has 0 aromatic carbocycles. The Hall–Kier alpha value is -2.82. The predicted molar refractivity (Wildman–Crippen MR) is 235 cm³/mol. The van der Waals surface area contributed by atoms with Crippen LogP contribution in [0.5, 0.6) is 0 Å². The van der Waals surface area contributed by atoms with E-state index in [4.69, 9.17) is 24.8 Å². The van der Waals surface area contributed by atoms with Gasteiger partial charge >= 0.3 is 25.7 Å². The topological polar surface area (TPSA) is 172 Å². The van der Waals surface area contributed by atoms with Gasteiger partial charge in [0.15, 0.2) is 6.10 Å². The summed E-state index contributed by atoms with van der Waals surface area (Å²) in [6, 6.07) is -1.53. The fourth-order valence-electron chi connectivity index (χ4n) is 5.69. The molecule has 0 amide bonds. The number of nitrogens with two attached hydrogens (primary N) is 1. The second-order valence-electron chi connectivity index (χ2n) is 14.8. The Kier molecular flexibility index (Phi) is 38.9. The number of esters is 2. The minimum Gasteiger partial charge on any atom is -0.480 e. The van der Waals surface area contributed by atoms with Crippen LogP contribution in [0.4, 0.5) is 0 Å². The van der Waals surface area contributed by atoms with Gasteiger partial charge in [0.05, 0.1) is 13.2 Å². The summed E-state index contributed by atoms with van der Waals surface area (Å²) in [5, 5.41) is 8.89. The van der Waals surface area contributed by atoms with Crippen LogP contribution in [0.15, 0.2) is 60.8 Å². The number of carboxylic acids is 1. The van der Waals surface area contributed by atoms with Crippen molar-refractivity contribution in [2.75, 3.05) is 19.8 Å². The van der Waals surface area contributed by atoms with Crippen LogP contribution in [0.2, 0.25) is 0 Å². The maximum atomic E-state index is 12.6. The smallest absolute Gasteiger partial charge is 0.472 e. The van der Waals surface area contributed by atoms with Crippen LogP contribution in [-0.2, 0) is 37.5 Å². The number of carbonyl (C=O) groups is 3. The Balaban J connectivity index is 4.41. The van der Waals surface area contributed by atoms with Gasteiger partial charge in [-0.1, -0.05) is 145 Å². The highest BCUT2D eigenvalue weighted by atomic mass is 31.2. The van der Waals surface area contributed by atoms with Crippen molar-refractivity contribution in [2.45, 2.75) is 193 Å². The molecular weight excluding hydrogens is 757 g/mol. The molecule has 0 aliphatic carbocycles. The van der Waals surface area contributed by atoms with Crippen molar-refractivity contribution < 1.29 is 47.5 Å². The van der Waals surface area contributed by atoms with Crippen LogP contribution in [0.1, 0.15) is 181 Å². The third-order valence-electron chi connectivity index (χ3n) is 9.24. The Bertz CT molecular complexity index is 1210. The van der Waals surface area contributed by atoms with Crippen LogP contribution >= 0.6 is 7.82 Å². The summed E-state index contributed by atoms with van der Waals surface area (Å²) in [6.45, 7) is 2.72. The Morgan fingerprint density at radius 3 is 1.36 bits per heavy atom. The SMILES string of the molecule is CCCCC/C=C\C/C=C\C/C=C\CCCCCCCCC(=O)OC(COC(=O)CCCCCCC/C=C\C/C=C\CCCCC)COP(=O)(O)OCC(N)C(=O)O. The molecule has 0 aromatic rings. The fraction of sp³-hybridized carbons (Fsp3) is 0.717. The van der Waals surface area contributed by atoms with Crippen molar-refractivity contribution in [1.29, 1.82) is 0 Å². The summed E-state index contributed by atoms with van der Waals surface area (Å²) < 4.78 is 32.7. The first-order valence-corrected chi connectivity index (χ1v) is 23.8. The summed E-state index contributed by atoms with van der Waals surface area (Å²) in [5.74, 6) is -2.42. The highest BCUT2D eigenvalue weighted by Crippen LogP contribution is 2.43. The molecule has 3 unspecified atom stereocenters. The quantitative estimate of drug-likeness (QED) is 0.0231. The number of carbonyl (C=O) groups excluding carboxylic acids is 2. The molecule has 334 valence electrons.